The van der Waals surface area contributed by atoms with E-state index in [4.69, 9.17) is 9.84 Å². The molecule has 2 heterocycles. The van der Waals surface area contributed by atoms with E-state index in [1.807, 2.05) is 58.7 Å². The van der Waals surface area contributed by atoms with Gasteiger partial charge in [-0.1, -0.05) is 24.3 Å². The van der Waals surface area contributed by atoms with E-state index in [9.17, 15) is 9.59 Å². The molecule has 0 spiro atoms. The predicted molar refractivity (Wildman–Crippen MR) is 135 cm³/mol. The van der Waals surface area contributed by atoms with Gasteiger partial charge in [0.1, 0.15) is 11.4 Å². The van der Waals surface area contributed by atoms with E-state index in [0.717, 1.165) is 21.8 Å². The third kappa shape index (κ3) is 5.79. The van der Waals surface area contributed by atoms with Crippen molar-refractivity contribution in [1.82, 2.24) is 14.7 Å². The summed E-state index contributed by atoms with van der Waals surface area (Å²) in [6.07, 6.45) is 5.17. The molecule has 0 fully saturated rings. The highest BCUT2D eigenvalue weighted by molar-refractivity contribution is 7.13. The minimum Gasteiger partial charge on any atom is -0.484 e. The van der Waals surface area contributed by atoms with Crippen LogP contribution in [0.15, 0.2) is 84.4 Å². The van der Waals surface area contributed by atoms with Crippen molar-refractivity contribution in [2.75, 3.05) is 26.0 Å². The van der Waals surface area contributed by atoms with Gasteiger partial charge >= 0.3 is 0 Å². The average molecular weight is 473 g/mol. The first-order valence-electron chi connectivity index (χ1n) is 10.6. The number of benzene rings is 2. The van der Waals surface area contributed by atoms with Crippen LogP contribution in [-0.2, 0) is 9.59 Å². The van der Waals surface area contributed by atoms with Gasteiger partial charge in [0.25, 0.3) is 5.91 Å². The van der Waals surface area contributed by atoms with Gasteiger partial charge in [0.15, 0.2) is 6.61 Å². The Balaban J connectivity index is 1.44. The average Bonchev–Trinajstić information content (AvgIpc) is 3.52. The van der Waals surface area contributed by atoms with Gasteiger partial charge in [0.05, 0.1) is 10.6 Å². The van der Waals surface area contributed by atoms with Crippen LogP contribution in [0, 0.1) is 0 Å². The Hall–Kier alpha value is -4.17. The Morgan fingerprint density at radius 1 is 1.06 bits per heavy atom. The third-order valence-corrected chi connectivity index (χ3v) is 5.79. The van der Waals surface area contributed by atoms with E-state index in [-0.39, 0.29) is 18.4 Å². The van der Waals surface area contributed by atoms with Crippen LogP contribution in [0.1, 0.15) is 5.56 Å². The summed E-state index contributed by atoms with van der Waals surface area (Å²) in [4.78, 5) is 26.7. The molecule has 4 rings (SSSR count). The molecule has 0 saturated heterocycles. The number of hydrogen-bond acceptors (Lipinski definition) is 5. The highest BCUT2D eigenvalue weighted by atomic mass is 32.1. The molecule has 0 bridgehead atoms. The number of amides is 2. The van der Waals surface area contributed by atoms with Crippen LogP contribution < -0.4 is 10.1 Å². The van der Waals surface area contributed by atoms with Gasteiger partial charge in [-0.3, -0.25) is 9.59 Å². The number of nitrogens with one attached hydrogen (secondary N) is 1. The maximum absolute atomic E-state index is 12.5. The Morgan fingerprint density at radius 3 is 2.50 bits per heavy atom. The normalized spacial score (nSPS) is 10.9. The van der Waals surface area contributed by atoms with E-state index in [1.165, 1.54) is 11.0 Å². The van der Waals surface area contributed by atoms with Gasteiger partial charge in [-0.25, -0.2) is 4.68 Å². The number of nitrogens with zero attached hydrogens (tertiary/aromatic N) is 3. The van der Waals surface area contributed by atoms with E-state index < -0.39 is 0 Å². The number of carbonyl (C=O) groups excluding carboxylic acids is 2. The first kappa shape index (κ1) is 23.0. The predicted octanol–water partition coefficient (Wildman–Crippen LogP) is 4.72. The zero-order chi connectivity index (χ0) is 23.9. The van der Waals surface area contributed by atoms with Crippen LogP contribution >= 0.6 is 11.3 Å². The molecule has 0 saturated carbocycles. The van der Waals surface area contributed by atoms with Crippen molar-refractivity contribution in [1.29, 1.82) is 0 Å². The molecule has 4 aromatic rings. The Morgan fingerprint density at radius 2 is 1.82 bits per heavy atom. The number of aromatic nitrogens is 2. The maximum atomic E-state index is 12.5. The largest absolute Gasteiger partial charge is 0.484 e. The van der Waals surface area contributed by atoms with E-state index in [0.29, 0.717) is 11.4 Å². The van der Waals surface area contributed by atoms with Crippen LogP contribution in [0.3, 0.4) is 0 Å². The smallest absolute Gasteiger partial charge is 0.259 e. The second kappa shape index (κ2) is 10.6. The lowest BCUT2D eigenvalue weighted by Gasteiger charge is -2.11. The molecule has 2 aromatic carbocycles. The quantitative estimate of drug-likeness (QED) is 0.377. The second-order valence-corrected chi connectivity index (χ2v) is 8.56. The van der Waals surface area contributed by atoms with Gasteiger partial charge in [0, 0.05) is 37.6 Å². The maximum Gasteiger partial charge on any atom is 0.259 e. The SMILES string of the molecule is CN(C)C(=O)COc1ccc(NC(=O)/C=C/c2cn(-c3ccccc3)nc2-c2cccs2)cc1. The molecule has 0 aliphatic carbocycles. The fourth-order valence-corrected chi connectivity index (χ4v) is 3.82. The first-order valence-corrected chi connectivity index (χ1v) is 11.5. The van der Waals surface area contributed by atoms with Crippen LogP contribution in [-0.4, -0.2) is 47.2 Å². The number of rotatable bonds is 8. The van der Waals surface area contributed by atoms with Crippen molar-refractivity contribution < 1.29 is 14.3 Å². The summed E-state index contributed by atoms with van der Waals surface area (Å²) in [5, 5.41) is 9.57. The molecule has 0 unspecified atom stereocenters. The number of para-hydroxylation sites is 1. The summed E-state index contributed by atoms with van der Waals surface area (Å²) in [5.41, 5.74) is 3.23. The number of anilines is 1. The van der Waals surface area contributed by atoms with Crippen molar-refractivity contribution in [2.45, 2.75) is 0 Å². The Kier molecular flexibility index (Phi) is 7.19. The van der Waals surface area contributed by atoms with Gasteiger partial charge < -0.3 is 15.0 Å². The van der Waals surface area contributed by atoms with E-state index in [2.05, 4.69) is 5.32 Å². The highest BCUT2D eigenvalue weighted by Gasteiger charge is 2.12. The Labute approximate surface area is 201 Å². The molecule has 172 valence electrons. The lowest BCUT2D eigenvalue weighted by molar-refractivity contribution is -0.130. The summed E-state index contributed by atoms with van der Waals surface area (Å²) in [6, 6.07) is 20.7. The molecule has 8 heteroatoms. The molecule has 0 radical (unpaired) electrons. The zero-order valence-corrected chi connectivity index (χ0v) is 19.7. The summed E-state index contributed by atoms with van der Waals surface area (Å²) in [5.74, 6) is 0.165. The monoisotopic (exact) mass is 472 g/mol. The summed E-state index contributed by atoms with van der Waals surface area (Å²) in [7, 11) is 3.35. The molecule has 2 amide bonds. The fraction of sp³-hybridized carbons (Fsp3) is 0.115. The second-order valence-electron chi connectivity index (χ2n) is 7.61. The van der Waals surface area contributed by atoms with E-state index >= 15 is 0 Å². The molecule has 0 aliphatic heterocycles. The summed E-state index contributed by atoms with van der Waals surface area (Å²) in [6.45, 7) is -0.0370. The van der Waals surface area contributed by atoms with Crippen molar-refractivity contribution >= 4 is 34.9 Å². The van der Waals surface area contributed by atoms with Crippen LogP contribution in [0.25, 0.3) is 22.3 Å². The lowest BCUT2D eigenvalue weighted by Crippen LogP contribution is -2.27. The van der Waals surface area contributed by atoms with Gasteiger partial charge in [-0.2, -0.15) is 5.10 Å². The minimum absolute atomic E-state index is 0.0370. The number of carbonyl (C=O) groups is 2. The minimum atomic E-state index is -0.263. The standard InChI is InChI=1S/C26H24N4O3S/c1-29(2)25(32)18-33-22-13-11-20(12-14-22)27-24(31)15-10-19-17-30(21-7-4-3-5-8-21)28-26(19)23-9-6-16-34-23/h3-17H,18H2,1-2H3,(H,27,31)/b15-10+. The number of thiophene rings is 1. The topological polar surface area (TPSA) is 76.5 Å². The fourth-order valence-electron chi connectivity index (χ4n) is 3.09. The van der Waals surface area contributed by atoms with Gasteiger partial charge in [-0.05, 0) is 53.9 Å². The zero-order valence-electron chi connectivity index (χ0n) is 18.8. The van der Waals surface area contributed by atoms with Crippen molar-refractivity contribution in [2.24, 2.45) is 0 Å². The van der Waals surface area contributed by atoms with Crippen molar-refractivity contribution in [3.8, 4) is 22.0 Å². The third-order valence-electron chi connectivity index (χ3n) is 4.92. The molecule has 2 aromatic heterocycles. The van der Waals surface area contributed by atoms with Gasteiger partial charge in [-0.15, -0.1) is 11.3 Å². The number of likely N-dealkylation sites (N-methyl/N-ethyl adjacent to an activating group) is 1. The molecular weight excluding hydrogens is 448 g/mol. The van der Waals surface area contributed by atoms with Crippen LogP contribution in [0.5, 0.6) is 5.75 Å². The van der Waals surface area contributed by atoms with Crippen molar-refractivity contribution in [3.63, 3.8) is 0 Å². The summed E-state index contributed by atoms with van der Waals surface area (Å²) >= 11 is 1.60. The molecule has 0 aliphatic rings. The van der Waals surface area contributed by atoms with Crippen LogP contribution in [0.2, 0.25) is 0 Å². The summed E-state index contributed by atoms with van der Waals surface area (Å²) < 4.78 is 7.27. The first-order chi connectivity index (χ1) is 16.5. The van der Waals surface area contributed by atoms with E-state index in [1.54, 1.807) is 55.8 Å². The molecule has 1 N–H and O–H groups in total. The number of ether oxygens (including phenoxy) is 1. The molecule has 0 atom stereocenters. The lowest BCUT2D eigenvalue weighted by atomic mass is 10.2. The highest BCUT2D eigenvalue weighted by Crippen LogP contribution is 2.28. The van der Waals surface area contributed by atoms with Gasteiger partial charge in [0.2, 0.25) is 5.91 Å². The molecule has 34 heavy (non-hydrogen) atoms. The molecular formula is C26H24N4O3S. The number of hydrogen-bond donors (Lipinski definition) is 1. The van der Waals surface area contributed by atoms with Crippen molar-refractivity contribution in [3.05, 3.63) is 89.9 Å². The van der Waals surface area contributed by atoms with Crippen LogP contribution in [0.4, 0.5) is 5.69 Å². The molecule has 7 nitrogen and oxygen atoms in total. The Bertz CT molecular complexity index is 1280.